The van der Waals surface area contributed by atoms with Crippen molar-refractivity contribution in [3.05, 3.63) is 44.6 Å². The van der Waals surface area contributed by atoms with Gasteiger partial charge in [0.25, 0.3) is 5.69 Å². The Hall–Kier alpha value is -2.62. The number of hydrogen-bond acceptors (Lipinski definition) is 7. The molecular weight excluding hydrogens is 398 g/mol. The third kappa shape index (κ3) is 4.08. The predicted octanol–water partition coefficient (Wildman–Crippen LogP) is 3.00. The molecule has 0 saturated heterocycles. The molecule has 1 amide bonds. The molecule has 9 nitrogen and oxygen atoms in total. The van der Waals surface area contributed by atoms with Gasteiger partial charge in [-0.15, -0.1) is 0 Å². The monoisotopic (exact) mass is 413 g/mol. The molecule has 0 saturated carbocycles. The maximum absolute atomic E-state index is 12.2. The number of carbonyl (C=O) groups is 2. The van der Waals surface area contributed by atoms with Gasteiger partial charge in [-0.25, -0.2) is 19.6 Å². The number of carbonyl (C=O) groups excluding carboxylic acids is 2. The van der Waals surface area contributed by atoms with E-state index in [-0.39, 0.29) is 36.7 Å². The molecule has 0 aliphatic carbocycles. The van der Waals surface area contributed by atoms with Gasteiger partial charge in [-0.05, 0) is 26.0 Å². The van der Waals surface area contributed by atoms with E-state index in [4.69, 9.17) is 9.47 Å². The number of esters is 1. The van der Waals surface area contributed by atoms with Crippen LogP contribution < -0.4 is 5.01 Å². The van der Waals surface area contributed by atoms with Crippen LogP contribution in [0.1, 0.15) is 13.8 Å². The van der Waals surface area contributed by atoms with E-state index in [1.165, 1.54) is 23.3 Å². The summed E-state index contributed by atoms with van der Waals surface area (Å²) < 4.78 is 10.4. The quantitative estimate of drug-likeness (QED) is 0.415. The van der Waals surface area contributed by atoms with E-state index >= 15 is 0 Å². The Labute approximate surface area is 152 Å². The highest BCUT2D eigenvalue weighted by Crippen LogP contribution is 2.35. The highest BCUT2D eigenvalue weighted by molar-refractivity contribution is 9.10. The van der Waals surface area contributed by atoms with Crippen LogP contribution in [-0.4, -0.2) is 41.8 Å². The lowest BCUT2D eigenvalue weighted by Crippen LogP contribution is -2.41. The van der Waals surface area contributed by atoms with Gasteiger partial charge in [0.05, 0.1) is 30.3 Å². The van der Waals surface area contributed by atoms with E-state index in [1.807, 2.05) is 0 Å². The lowest BCUT2D eigenvalue weighted by molar-refractivity contribution is -0.384. The first-order valence-corrected chi connectivity index (χ1v) is 8.23. The molecule has 2 rings (SSSR count). The molecule has 0 aromatic heterocycles. The zero-order valence-corrected chi connectivity index (χ0v) is 15.2. The molecular formula is C15H16BrN3O6. The van der Waals surface area contributed by atoms with E-state index in [0.29, 0.717) is 4.47 Å². The van der Waals surface area contributed by atoms with Crippen LogP contribution in [0.15, 0.2) is 34.4 Å². The number of nitrogens with zero attached hydrogens (tertiary/aromatic N) is 3. The lowest BCUT2D eigenvalue weighted by atomic mass is 10.2. The highest BCUT2D eigenvalue weighted by atomic mass is 79.9. The number of rotatable bonds is 5. The van der Waals surface area contributed by atoms with Crippen LogP contribution >= 0.6 is 15.9 Å². The van der Waals surface area contributed by atoms with Crippen molar-refractivity contribution in [2.75, 3.05) is 24.8 Å². The van der Waals surface area contributed by atoms with Crippen LogP contribution in [0.2, 0.25) is 0 Å². The maximum atomic E-state index is 12.2. The minimum absolute atomic E-state index is 0.106. The molecule has 10 heteroatoms. The smallest absolute Gasteiger partial charge is 0.429 e. The SMILES string of the molecule is CCOC(=O)C1=CN(c2ccc(Br)cc2[N+](=O)[O-])N(C(=O)OCC)C1. The summed E-state index contributed by atoms with van der Waals surface area (Å²) in [5, 5.41) is 13.7. The van der Waals surface area contributed by atoms with Crippen molar-refractivity contribution in [2.24, 2.45) is 0 Å². The fraction of sp³-hybridized carbons (Fsp3) is 0.333. The van der Waals surface area contributed by atoms with E-state index in [2.05, 4.69) is 15.9 Å². The molecule has 134 valence electrons. The Morgan fingerprint density at radius 2 is 1.96 bits per heavy atom. The number of nitro benzene ring substituents is 1. The minimum Gasteiger partial charge on any atom is -0.463 e. The highest BCUT2D eigenvalue weighted by Gasteiger charge is 2.35. The Kier molecular flexibility index (Phi) is 5.97. The van der Waals surface area contributed by atoms with Crippen LogP contribution in [0.3, 0.4) is 0 Å². The van der Waals surface area contributed by atoms with E-state index in [1.54, 1.807) is 19.9 Å². The third-order valence-corrected chi connectivity index (χ3v) is 3.75. The molecule has 0 unspecified atom stereocenters. The molecule has 0 bridgehead atoms. The minimum atomic E-state index is -0.727. The maximum Gasteiger partial charge on any atom is 0.429 e. The van der Waals surface area contributed by atoms with E-state index in [0.717, 1.165) is 5.01 Å². The van der Waals surface area contributed by atoms with Gasteiger partial charge in [-0.2, -0.15) is 0 Å². The van der Waals surface area contributed by atoms with Crippen LogP contribution in [0.25, 0.3) is 0 Å². The molecule has 1 aromatic rings. The van der Waals surface area contributed by atoms with Gasteiger partial charge in [-0.3, -0.25) is 10.1 Å². The molecule has 1 aromatic carbocycles. The standard InChI is InChI=1S/C15H16BrN3O6/c1-3-24-14(20)10-8-17(18(9-10)15(21)25-4-2)12-6-5-11(16)7-13(12)19(22)23/h5-8H,3-4,9H2,1-2H3. The van der Waals surface area contributed by atoms with Crippen LogP contribution in [-0.2, 0) is 14.3 Å². The van der Waals surface area contributed by atoms with Gasteiger partial charge >= 0.3 is 12.1 Å². The largest absolute Gasteiger partial charge is 0.463 e. The summed E-state index contributed by atoms with van der Waals surface area (Å²) >= 11 is 3.18. The van der Waals surface area contributed by atoms with Gasteiger partial charge in [0.1, 0.15) is 5.69 Å². The molecule has 0 radical (unpaired) electrons. The van der Waals surface area contributed by atoms with E-state index in [9.17, 15) is 19.7 Å². The van der Waals surface area contributed by atoms with Crippen molar-refractivity contribution < 1.29 is 24.0 Å². The molecule has 0 spiro atoms. The van der Waals surface area contributed by atoms with Crippen molar-refractivity contribution in [3.63, 3.8) is 0 Å². The molecule has 1 aliphatic rings. The number of anilines is 1. The van der Waals surface area contributed by atoms with Gasteiger partial charge in [0.2, 0.25) is 0 Å². The number of nitro groups is 1. The lowest BCUT2D eigenvalue weighted by Gasteiger charge is -2.27. The summed E-state index contributed by atoms with van der Waals surface area (Å²) in [6.45, 7) is 3.49. The Morgan fingerprint density at radius 1 is 1.28 bits per heavy atom. The number of hydrazine groups is 1. The Balaban J connectivity index is 2.47. The van der Waals surface area contributed by atoms with Crippen molar-refractivity contribution in [3.8, 4) is 0 Å². The molecule has 25 heavy (non-hydrogen) atoms. The number of hydrogen-bond donors (Lipinski definition) is 0. The molecule has 0 N–H and O–H groups in total. The average molecular weight is 414 g/mol. The fourth-order valence-electron chi connectivity index (χ4n) is 2.22. The van der Waals surface area contributed by atoms with Crippen LogP contribution in [0.4, 0.5) is 16.2 Å². The summed E-state index contributed by atoms with van der Waals surface area (Å²) in [7, 11) is 0. The fourth-order valence-corrected chi connectivity index (χ4v) is 2.57. The van der Waals surface area contributed by atoms with Gasteiger partial charge < -0.3 is 9.47 Å². The van der Waals surface area contributed by atoms with Crippen molar-refractivity contribution in [2.45, 2.75) is 13.8 Å². The zero-order valence-electron chi connectivity index (χ0n) is 13.6. The molecule has 0 fully saturated rings. The number of amides is 1. The first kappa shape index (κ1) is 18.7. The first-order valence-electron chi connectivity index (χ1n) is 7.44. The number of halogens is 1. The third-order valence-electron chi connectivity index (χ3n) is 3.26. The second-order valence-corrected chi connectivity index (χ2v) is 5.78. The van der Waals surface area contributed by atoms with Crippen molar-refractivity contribution in [1.82, 2.24) is 5.01 Å². The van der Waals surface area contributed by atoms with Gasteiger partial charge in [0, 0.05) is 16.7 Å². The molecule has 1 aliphatic heterocycles. The average Bonchev–Trinajstić information content (AvgIpc) is 3.00. The zero-order chi connectivity index (χ0) is 18.6. The number of benzene rings is 1. The van der Waals surface area contributed by atoms with E-state index < -0.39 is 17.0 Å². The first-order chi connectivity index (χ1) is 11.9. The summed E-state index contributed by atoms with van der Waals surface area (Å²) in [6.07, 6.45) is 0.612. The molecule has 0 atom stereocenters. The van der Waals surface area contributed by atoms with Crippen molar-refractivity contribution in [1.29, 1.82) is 0 Å². The van der Waals surface area contributed by atoms with Gasteiger partial charge in [0.15, 0.2) is 0 Å². The Bertz CT molecular complexity index is 736. The van der Waals surface area contributed by atoms with Crippen molar-refractivity contribution >= 4 is 39.4 Å². The van der Waals surface area contributed by atoms with Gasteiger partial charge in [-0.1, -0.05) is 15.9 Å². The van der Waals surface area contributed by atoms with Crippen LogP contribution in [0.5, 0.6) is 0 Å². The second kappa shape index (κ2) is 7.97. The predicted molar refractivity (Wildman–Crippen MR) is 91.7 cm³/mol. The summed E-state index contributed by atoms with van der Waals surface area (Å²) in [6, 6.07) is 4.38. The Morgan fingerprint density at radius 3 is 2.56 bits per heavy atom. The topological polar surface area (TPSA) is 102 Å². The number of ether oxygens (including phenoxy) is 2. The normalized spacial score (nSPS) is 13.5. The summed E-state index contributed by atoms with van der Waals surface area (Å²) in [5.41, 5.74) is 0.0812. The summed E-state index contributed by atoms with van der Waals surface area (Å²) in [5.74, 6) is -0.598. The summed E-state index contributed by atoms with van der Waals surface area (Å²) in [4.78, 5) is 35.0. The van der Waals surface area contributed by atoms with Crippen LogP contribution in [0, 0.1) is 10.1 Å². The molecule has 1 heterocycles. The second-order valence-electron chi connectivity index (χ2n) is 4.87.